The summed E-state index contributed by atoms with van der Waals surface area (Å²) < 4.78 is 5.18. The minimum absolute atomic E-state index is 0.106. The van der Waals surface area contributed by atoms with Gasteiger partial charge in [0.05, 0.1) is 5.56 Å². The average molecular weight is 346 g/mol. The minimum Gasteiger partial charge on any atom is -0.449 e. The Labute approximate surface area is 148 Å². The van der Waals surface area contributed by atoms with Crippen LogP contribution in [0.2, 0.25) is 0 Å². The van der Waals surface area contributed by atoms with Gasteiger partial charge in [0.15, 0.2) is 6.10 Å². The van der Waals surface area contributed by atoms with Crippen molar-refractivity contribution in [2.45, 2.75) is 65.0 Å². The summed E-state index contributed by atoms with van der Waals surface area (Å²) in [5.41, 5.74) is 2.24. The first-order valence-electron chi connectivity index (χ1n) is 8.76. The van der Waals surface area contributed by atoms with Crippen LogP contribution in [0.15, 0.2) is 18.2 Å². The molecular weight excluding hydrogens is 320 g/mol. The Hall–Kier alpha value is -2.37. The van der Waals surface area contributed by atoms with Crippen LogP contribution in [0.1, 0.15) is 60.5 Å². The van der Waals surface area contributed by atoms with Crippen molar-refractivity contribution >= 4 is 17.9 Å². The Kier molecular flexibility index (Phi) is 6.56. The zero-order valence-corrected chi connectivity index (χ0v) is 15.1. The van der Waals surface area contributed by atoms with Gasteiger partial charge in [0, 0.05) is 6.04 Å². The van der Waals surface area contributed by atoms with E-state index >= 15 is 0 Å². The highest BCUT2D eigenvalue weighted by Crippen LogP contribution is 2.17. The third kappa shape index (κ3) is 5.59. The number of carbonyl (C=O) groups excluding carboxylic acids is 3. The molecule has 1 aromatic carbocycles. The molecule has 0 unspecified atom stereocenters. The predicted octanol–water partition coefficient (Wildman–Crippen LogP) is 3.01. The van der Waals surface area contributed by atoms with Gasteiger partial charge >= 0.3 is 12.0 Å². The van der Waals surface area contributed by atoms with Crippen LogP contribution in [-0.2, 0) is 9.53 Å². The van der Waals surface area contributed by atoms with E-state index in [2.05, 4.69) is 10.6 Å². The number of nitrogens with one attached hydrogen (secondary N) is 2. The Balaban J connectivity index is 1.84. The molecule has 6 nitrogen and oxygen atoms in total. The van der Waals surface area contributed by atoms with Crippen molar-refractivity contribution in [3.05, 3.63) is 34.9 Å². The Bertz CT molecular complexity index is 651. The predicted molar refractivity (Wildman–Crippen MR) is 94.3 cm³/mol. The zero-order valence-electron chi connectivity index (χ0n) is 15.1. The number of hydrogen-bond acceptors (Lipinski definition) is 4. The first-order chi connectivity index (χ1) is 11.9. The number of hydrogen-bond donors (Lipinski definition) is 2. The molecule has 1 atom stereocenters. The molecule has 0 saturated heterocycles. The maximum atomic E-state index is 12.2. The second-order valence-electron chi connectivity index (χ2n) is 6.66. The summed E-state index contributed by atoms with van der Waals surface area (Å²) in [4.78, 5) is 36.1. The lowest BCUT2D eigenvalue weighted by atomic mass is 9.96. The topological polar surface area (TPSA) is 84.5 Å². The molecule has 2 N–H and O–H groups in total. The number of esters is 1. The number of aryl methyl sites for hydroxylation is 2. The summed E-state index contributed by atoms with van der Waals surface area (Å²) in [6, 6.07) is 4.93. The number of rotatable bonds is 4. The molecule has 0 aromatic heterocycles. The van der Waals surface area contributed by atoms with Crippen LogP contribution in [0.25, 0.3) is 0 Å². The molecule has 2 rings (SSSR count). The van der Waals surface area contributed by atoms with Crippen molar-refractivity contribution in [1.82, 2.24) is 10.6 Å². The van der Waals surface area contributed by atoms with E-state index in [9.17, 15) is 14.4 Å². The van der Waals surface area contributed by atoms with Gasteiger partial charge in [-0.15, -0.1) is 0 Å². The number of benzene rings is 1. The van der Waals surface area contributed by atoms with E-state index in [1.165, 1.54) is 13.3 Å². The summed E-state index contributed by atoms with van der Waals surface area (Å²) in [6.07, 6.45) is 4.17. The second-order valence-corrected chi connectivity index (χ2v) is 6.66. The summed E-state index contributed by atoms with van der Waals surface area (Å²) >= 11 is 0. The van der Waals surface area contributed by atoms with E-state index in [1.807, 2.05) is 26.0 Å². The van der Waals surface area contributed by atoms with E-state index in [0.29, 0.717) is 5.56 Å². The summed E-state index contributed by atoms with van der Waals surface area (Å²) in [5, 5.41) is 5.03. The van der Waals surface area contributed by atoms with Gasteiger partial charge in [0.2, 0.25) is 0 Å². The third-order valence-electron chi connectivity index (χ3n) is 4.43. The van der Waals surface area contributed by atoms with Crippen LogP contribution in [0.4, 0.5) is 4.79 Å². The van der Waals surface area contributed by atoms with Crippen LogP contribution in [0.3, 0.4) is 0 Å². The summed E-state index contributed by atoms with van der Waals surface area (Å²) in [6.45, 7) is 5.19. The lowest BCUT2D eigenvalue weighted by molar-refractivity contribution is -0.127. The molecule has 0 heterocycles. The van der Waals surface area contributed by atoms with E-state index < -0.39 is 24.0 Å². The fraction of sp³-hybridized carbons (Fsp3) is 0.526. The van der Waals surface area contributed by atoms with Gasteiger partial charge in [-0.2, -0.15) is 0 Å². The monoisotopic (exact) mass is 346 g/mol. The van der Waals surface area contributed by atoms with E-state index in [-0.39, 0.29) is 6.04 Å². The largest absolute Gasteiger partial charge is 0.449 e. The molecule has 1 saturated carbocycles. The molecule has 0 bridgehead atoms. The number of ether oxygens (including phenoxy) is 1. The van der Waals surface area contributed by atoms with Crippen LogP contribution in [0.5, 0.6) is 0 Å². The minimum atomic E-state index is -1.05. The molecule has 0 spiro atoms. The maximum Gasteiger partial charge on any atom is 0.339 e. The van der Waals surface area contributed by atoms with Crippen LogP contribution in [0, 0.1) is 13.8 Å². The fourth-order valence-electron chi connectivity index (χ4n) is 3.00. The van der Waals surface area contributed by atoms with Gasteiger partial charge < -0.3 is 10.1 Å². The van der Waals surface area contributed by atoms with Gasteiger partial charge in [-0.1, -0.05) is 37.0 Å². The molecule has 1 aliphatic carbocycles. The Morgan fingerprint density at radius 1 is 1.12 bits per heavy atom. The lowest BCUT2D eigenvalue weighted by Crippen LogP contribution is -2.48. The van der Waals surface area contributed by atoms with Crippen molar-refractivity contribution in [1.29, 1.82) is 0 Å². The molecule has 1 aliphatic rings. The third-order valence-corrected chi connectivity index (χ3v) is 4.43. The summed E-state index contributed by atoms with van der Waals surface area (Å²) in [7, 11) is 0. The fourth-order valence-corrected chi connectivity index (χ4v) is 3.00. The van der Waals surface area contributed by atoms with Crippen molar-refractivity contribution in [2.75, 3.05) is 0 Å². The number of amides is 3. The van der Waals surface area contributed by atoms with Gasteiger partial charge in [-0.3, -0.25) is 10.1 Å². The molecule has 136 valence electrons. The first-order valence-corrected chi connectivity index (χ1v) is 8.76. The Morgan fingerprint density at radius 2 is 1.80 bits per heavy atom. The standard InChI is InChI=1S/C19H26N2O4/c1-12-9-10-16(13(2)11-12)18(23)25-14(3)17(22)21-19(24)20-15-7-5-4-6-8-15/h9-11,14-15H,4-8H2,1-3H3,(H2,20,21,22,24)/t14-/m1/s1. The van der Waals surface area contributed by atoms with Crippen molar-refractivity contribution in [3.63, 3.8) is 0 Å². The zero-order chi connectivity index (χ0) is 18.4. The maximum absolute atomic E-state index is 12.2. The van der Waals surface area contributed by atoms with Crippen molar-refractivity contribution < 1.29 is 19.1 Å². The van der Waals surface area contributed by atoms with Crippen LogP contribution >= 0.6 is 0 Å². The molecule has 1 fully saturated rings. The second kappa shape index (κ2) is 8.65. The van der Waals surface area contributed by atoms with Crippen molar-refractivity contribution in [2.24, 2.45) is 0 Å². The molecule has 6 heteroatoms. The molecular formula is C19H26N2O4. The highest BCUT2D eigenvalue weighted by molar-refractivity contribution is 5.98. The SMILES string of the molecule is Cc1ccc(C(=O)O[C@H](C)C(=O)NC(=O)NC2CCCCC2)c(C)c1. The van der Waals surface area contributed by atoms with Crippen molar-refractivity contribution in [3.8, 4) is 0 Å². The van der Waals surface area contributed by atoms with E-state index in [4.69, 9.17) is 4.74 Å². The Morgan fingerprint density at radius 3 is 2.44 bits per heavy atom. The normalized spacial score (nSPS) is 16.0. The van der Waals surface area contributed by atoms with Gasteiger partial charge in [-0.25, -0.2) is 9.59 Å². The molecule has 25 heavy (non-hydrogen) atoms. The molecule has 1 aromatic rings. The average Bonchev–Trinajstić information content (AvgIpc) is 2.55. The van der Waals surface area contributed by atoms with Gasteiger partial charge in [0.1, 0.15) is 0 Å². The quantitative estimate of drug-likeness (QED) is 0.821. The highest BCUT2D eigenvalue weighted by atomic mass is 16.5. The van der Waals surface area contributed by atoms with Crippen LogP contribution in [-0.4, -0.2) is 30.1 Å². The smallest absolute Gasteiger partial charge is 0.339 e. The lowest BCUT2D eigenvalue weighted by Gasteiger charge is -2.23. The van der Waals surface area contributed by atoms with E-state index in [1.54, 1.807) is 6.07 Å². The molecule has 3 amide bonds. The first kappa shape index (κ1) is 19.0. The molecule has 0 radical (unpaired) electrons. The molecule has 0 aliphatic heterocycles. The number of imide groups is 1. The van der Waals surface area contributed by atoms with E-state index in [0.717, 1.165) is 36.8 Å². The van der Waals surface area contributed by atoms with Gasteiger partial charge in [0.25, 0.3) is 5.91 Å². The number of urea groups is 1. The highest BCUT2D eigenvalue weighted by Gasteiger charge is 2.23. The summed E-state index contributed by atoms with van der Waals surface area (Å²) in [5.74, 6) is -1.21. The van der Waals surface area contributed by atoms with Crippen LogP contribution < -0.4 is 10.6 Å². The van der Waals surface area contributed by atoms with Gasteiger partial charge in [-0.05, 0) is 45.2 Å². The number of carbonyl (C=O) groups is 3.